The molecule has 0 spiro atoms. The fourth-order valence-corrected chi connectivity index (χ4v) is 6.29. The predicted molar refractivity (Wildman–Crippen MR) is 104 cm³/mol. The van der Waals surface area contributed by atoms with Crippen LogP contribution >= 0.6 is 23.1 Å². The third kappa shape index (κ3) is 3.43. The molecule has 0 unspecified atom stereocenters. The fraction of sp³-hybridized carbons (Fsp3) is 0.632. The first-order valence-electron chi connectivity index (χ1n) is 9.35. The molecular weight excluding hydrogens is 350 g/mol. The highest BCUT2D eigenvalue weighted by Gasteiger charge is 2.27. The molecular formula is C19H25N3OS2. The van der Waals surface area contributed by atoms with Crippen molar-refractivity contribution < 1.29 is 4.79 Å². The van der Waals surface area contributed by atoms with Crippen LogP contribution in [0, 0.1) is 5.92 Å². The van der Waals surface area contributed by atoms with E-state index in [1.807, 2.05) is 6.92 Å². The average Bonchev–Trinajstić information content (AvgIpc) is 3.18. The standard InChI is InChI=1S/C19H25N3OS2/c1-11-6-3-4-8-14(11)22-17(23)12(2)24-18-16-13-7-5-9-15(13)25-19(16)21-10-20-18/h10-12,14H,3-9H2,1-2H3,(H,22,23)/t11-,12-,14+/m1/s1. The quantitative estimate of drug-likeness (QED) is 0.637. The first kappa shape index (κ1) is 17.3. The molecule has 0 radical (unpaired) electrons. The van der Waals surface area contributed by atoms with E-state index < -0.39 is 0 Å². The lowest BCUT2D eigenvalue weighted by molar-refractivity contribution is -0.121. The number of fused-ring (bicyclic) bond motifs is 3. The number of hydrogen-bond acceptors (Lipinski definition) is 5. The van der Waals surface area contributed by atoms with Crippen molar-refractivity contribution in [2.24, 2.45) is 5.92 Å². The molecule has 4 rings (SSSR count). The number of amides is 1. The first-order valence-corrected chi connectivity index (χ1v) is 11.1. The molecule has 1 fully saturated rings. The third-order valence-electron chi connectivity index (χ3n) is 5.56. The molecule has 4 nitrogen and oxygen atoms in total. The van der Waals surface area contributed by atoms with Gasteiger partial charge in [0.05, 0.1) is 5.25 Å². The van der Waals surface area contributed by atoms with Gasteiger partial charge < -0.3 is 5.32 Å². The highest BCUT2D eigenvalue weighted by molar-refractivity contribution is 8.00. The number of carbonyl (C=O) groups excluding carboxylic acids is 1. The lowest BCUT2D eigenvalue weighted by Gasteiger charge is -2.30. The predicted octanol–water partition coefficient (Wildman–Crippen LogP) is 4.36. The summed E-state index contributed by atoms with van der Waals surface area (Å²) >= 11 is 3.38. The molecule has 0 aliphatic heterocycles. The van der Waals surface area contributed by atoms with Crippen molar-refractivity contribution in [1.29, 1.82) is 0 Å². The Balaban J connectivity index is 1.50. The van der Waals surface area contributed by atoms with Crippen molar-refractivity contribution in [1.82, 2.24) is 15.3 Å². The topological polar surface area (TPSA) is 54.9 Å². The smallest absolute Gasteiger partial charge is 0.233 e. The Morgan fingerprint density at radius 3 is 2.96 bits per heavy atom. The average molecular weight is 376 g/mol. The number of aromatic nitrogens is 2. The molecule has 0 aromatic carbocycles. The van der Waals surface area contributed by atoms with Crippen molar-refractivity contribution in [3.05, 3.63) is 16.8 Å². The van der Waals surface area contributed by atoms with Crippen LogP contribution in [0.4, 0.5) is 0 Å². The molecule has 0 saturated heterocycles. The van der Waals surface area contributed by atoms with E-state index in [9.17, 15) is 4.79 Å². The van der Waals surface area contributed by atoms with Gasteiger partial charge in [-0.1, -0.05) is 31.5 Å². The summed E-state index contributed by atoms with van der Waals surface area (Å²) in [5, 5.41) is 5.33. The number of rotatable bonds is 4. The van der Waals surface area contributed by atoms with E-state index in [1.165, 1.54) is 41.5 Å². The number of nitrogens with one attached hydrogen (secondary N) is 1. The maximum absolute atomic E-state index is 12.7. The molecule has 3 atom stereocenters. The van der Waals surface area contributed by atoms with Crippen LogP contribution in [-0.2, 0) is 17.6 Å². The van der Waals surface area contributed by atoms with E-state index in [0.29, 0.717) is 12.0 Å². The molecule has 2 aliphatic carbocycles. The van der Waals surface area contributed by atoms with Gasteiger partial charge in [-0.3, -0.25) is 4.79 Å². The van der Waals surface area contributed by atoms with Gasteiger partial charge in [0, 0.05) is 16.3 Å². The van der Waals surface area contributed by atoms with Crippen LogP contribution in [-0.4, -0.2) is 27.2 Å². The third-order valence-corrected chi connectivity index (χ3v) is 7.86. The van der Waals surface area contributed by atoms with Crippen LogP contribution < -0.4 is 5.32 Å². The largest absolute Gasteiger partial charge is 0.352 e. The minimum Gasteiger partial charge on any atom is -0.352 e. The van der Waals surface area contributed by atoms with Crippen molar-refractivity contribution >= 4 is 39.2 Å². The Morgan fingerprint density at radius 2 is 2.12 bits per heavy atom. The number of nitrogens with zero attached hydrogens (tertiary/aromatic N) is 2. The second-order valence-corrected chi connectivity index (χ2v) is 9.77. The van der Waals surface area contributed by atoms with Crippen LogP contribution in [0.25, 0.3) is 10.2 Å². The Hall–Kier alpha value is -1.14. The molecule has 1 saturated carbocycles. The summed E-state index contributed by atoms with van der Waals surface area (Å²) in [5.41, 5.74) is 1.43. The SMILES string of the molecule is C[C@@H]1CCCC[C@@H]1NC(=O)[C@@H](C)Sc1ncnc2sc3c(c12)CCC3. The van der Waals surface area contributed by atoms with E-state index in [2.05, 4.69) is 22.2 Å². The van der Waals surface area contributed by atoms with Crippen LogP contribution in [0.1, 0.15) is 56.4 Å². The van der Waals surface area contributed by atoms with Crippen LogP contribution in [0.2, 0.25) is 0 Å². The Morgan fingerprint density at radius 1 is 1.28 bits per heavy atom. The van der Waals surface area contributed by atoms with Gasteiger partial charge in [0.25, 0.3) is 0 Å². The number of carbonyl (C=O) groups is 1. The molecule has 1 N–H and O–H groups in total. The van der Waals surface area contributed by atoms with Gasteiger partial charge in [0.15, 0.2) is 0 Å². The lowest BCUT2D eigenvalue weighted by Crippen LogP contribution is -2.44. The summed E-state index contributed by atoms with van der Waals surface area (Å²) in [5.74, 6) is 0.725. The second kappa shape index (κ2) is 7.23. The molecule has 2 heterocycles. The minimum atomic E-state index is -0.135. The highest BCUT2D eigenvalue weighted by atomic mass is 32.2. The Bertz CT molecular complexity index is 788. The summed E-state index contributed by atoms with van der Waals surface area (Å²) < 4.78 is 0. The van der Waals surface area contributed by atoms with E-state index in [1.54, 1.807) is 29.4 Å². The van der Waals surface area contributed by atoms with Crippen molar-refractivity contribution in [3.8, 4) is 0 Å². The van der Waals surface area contributed by atoms with Crippen molar-refractivity contribution in [2.45, 2.75) is 75.1 Å². The summed E-state index contributed by atoms with van der Waals surface area (Å²) in [6.45, 7) is 4.25. The molecule has 2 aromatic rings. The maximum atomic E-state index is 12.7. The number of hydrogen-bond donors (Lipinski definition) is 1. The molecule has 0 bridgehead atoms. The summed E-state index contributed by atoms with van der Waals surface area (Å²) in [4.78, 5) is 24.2. The van der Waals surface area contributed by atoms with Crippen LogP contribution in [0.3, 0.4) is 0 Å². The zero-order valence-electron chi connectivity index (χ0n) is 14.9. The summed E-state index contributed by atoms with van der Waals surface area (Å²) in [6, 6.07) is 0.333. The zero-order chi connectivity index (χ0) is 17.4. The summed E-state index contributed by atoms with van der Waals surface area (Å²) in [6.07, 6.45) is 10.0. The van der Waals surface area contributed by atoms with Gasteiger partial charge in [-0.15, -0.1) is 11.3 Å². The number of thioether (sulfide) groups is 1. The Kier molecular flexibility index (Phi) is 5.00. The van der Waals surface area contributed by atoms with E-state index >= 15 is 0 Å². The van der Waals surface area contributed by atoms with Gasteiger partial charge in [0.2, 0.25) is 5.91 Å². The number of aryl methyl sites for hydroxylation is 2. The summed E-state index contributed by atoms with van der Waals surface area (Å²) in [7, 11) is 0. The van der Waals surface area contributed by atoms with E-state index in [0.717, 1.165) is 29.1 Å². The van der Waals surface area contributed by atoms with Crippen molar-refractivity contribution in [3.63, 3.8) is 0 Å². The first-order chi connectivity index (χ1) is 12.1. The van der Waals surface area contributed by atoms with Gasteiger partial charge >= 0.3 is 0 Å². The molecule has 25 heavy (non-hydrogen) atoms. The van der Waals surface area contributed by atoms with E-state index in [4.69, 9.17) is 0 Å². The van der Waals surface area contributed by atoms with Crippen LogP contribution in [0.15, 0.2) is 11.4 Å². The lowest BCUT2D eigenvalue weighted by atomic mass is 9.86. The van der Waals surface area contributed by atoms with Gasteiger partial charge in [-0.2, -0.15) is 0 Å². The monoisotopic (exact) mass is 375 g/mol. The molecule has 2 aliphatic rings. The zero-order valence-corrected chi connectivity index (χ0v) is 16.5. The van der Waals surface area contributed by atoms with E-state index in [-0.39, 0.29) is 11.2 Å². The minimum absolute atomic E-state index is 0.135. The highest BCUT2D eigenvalue weighted by Crippen LogP contribution is 2.40. The van der Waals surface area contributed by atoms with Gasteiger partial charge in [-0.05, 0) is 50.5 Å². The molecule has 2 aromatic heterocycles. The normalized spacial score (nSPS) is 24.2. The Labute approximate surface area is 157 Å². The molecule has 1 amide bonds. The van der Waals surface area contributed by atoms with Crippen molar-refractivity contribution in [2.75, 3.05) is 0 Å². The maximum Gasteiger partial charge on any atom is 0.233 e. The molecule has 6 heteroatoms. The fourth-order valence-electron chi connectivity index (χ4n) is 4.04. The second-order valence-electron chi connectivity index (χ2n) is 7.35. The van der Waals surface area contributed by atoms with Crippen LogP contribution in [0.5, 0.6) is 0 Å². The number of thiophene rings is 1. The van der Waals surface area contributed by atoms with Gasteiger partial charge in [0.1, 0.15) is 16.2 Å². The van der Waals surface area contributed by atoms with Gasteiger partial charge in [-0.25, -0.2) is 9.97 Å². The molecule has 134 valence electrons.